The second-order valence-corrected chi connectivity index (χ2v) is 7.03. The van der Waals surface area contributed by atoms with Gasteiger partial charge in [0.2, 0.25) is 0 Å². The van der Waals surface area contributed by atoms with Gasteiger partial charge in [0, 0.05) is 17.0 Å². The van der Waals surface area contributed by atoms with Crippen LogP contribution in [0.15, 0.2) is 41.8 Å². The highest BCUT2D eigenvalue weighted by molar-refractivity contribution is 7.10. The summed E-state index contributed by atoms with van der Waals surface area (Å²) in [6.07, 6.45) is 0.859. The van der Waals surface area contributed by atoms with Crippen molar-refractivity contribution in [3.8, 4) is 5.75 Å². The van der Waals surface area contributed by atoms with Crippen molar-refractivity contribution in [1.29, 1.82) is 0 Å². The Morgan fingerprint density at radius 2 is 2.00 bits per heavy atom. The van der Waals surface area contributed by atoms with Crippen molar-refractivity contribution in [2.24, 2.45) is 0 Å². The number of hydrogen-bond donors (Lipinski definition) is 2. The zero-order valence-electron chi connectivity index (χ0n) is 15.3. The van der Waals surface area contributed by atoms with Gasteiger partial charge in [0.25, 0.3) is 0 Å². The van der Waals surface area contributed by atoms with Crippen molar-refractivity contribution >= 4 is 17.4 Å². The molecule has 2 unspecified atom stereocenters. The van der Waals surface area contributed by atoms with Crippen LogP contribution in [0.5, 0.6) is 5.75 Å². The molecule has 1 aromatic carbocycles. The second-order valence-electron chi connectivity index (χ2n) is 6.05. The molecule has 0 bridgehead atoms. The lowest BCUT2D eigenvalue weighted by Gasteiger charge is -2.27. The lowest BCUT2D eigenvalue weighted by atomic mass is 10.0. The predicted octanol–water partition coefficient (Wildman–Crippen LogP) is 3.81. The van der Waals surface area contributed by atoms with E-state index in [0.29, 0.717) is 6.54 Å². The van der Waals surface area contributed by atoms with E-state index in [1.807, 2.05) is 49.8 Å². The average molecular weight is 362 g/mol. The van der Waals surface area contributed by atoms with E-state index in [1.165, 1.54) is 4.88 Å². The quantitative estimate of drug-likeness (QED) is 0.752. The van der Waals surface area contributed by atoms with Gasteiger partial charge in [-0.1, -0.05) is 31.2 Å². The molecular formula is C19H27N3O2S. The van der Waals surface area contributed by atoms with Crippen LogP contribution >= 0.6 is 11.3 Å². The third-order valence-corrected chi connectivity index (χ3v) is 5.16. The molecule has 25 heavy (non-hydrogen) atoms. The van der Waals surface area contributed by atoms with Crippen molar-refractivity contribution in [2.45, 2.75) is 25.4 Å². The van der Waals surface area contributed by atoms with Crippen molar-refractivity contribution in [3.63, 3.8) is 0 Å². The molecule has 0 saturated carbocycles. The lowest BCUT2D eigenvalue weighted by molar-refractivity contribution is 0.228. The first-order chi connectivity index (χ1) is 12.1. The monoisotopic (exact) mass is 361 g/mol. The second kappa shape index (κ2) is 9.44. The zero-order valence-corrected chi connectivity index (χ0v) is 16.1. The molecule has 0 saturated heterocycles. The van der Waals surface area contributed by atoms with E-state index in [0.717, 1.165) is 17.7 Å². The first-order valence-electron chi connectivity index (χ1n) is 8.43. The van der Waals surface area contributed by atoms with Gasteiger partial charge in [-0.2, -0.15) is 0 Å². The Balaban J connectivity index is 2.00. The number of likely N-dealkylation sites (N-methyl/N-ethyl adjacent to an activating group) is 1. The molecule has 2 N–H and O–H groups in total. The van der Waals surface area contributed by atoms with Crippen molar-refractivity contribution in [2.75, 3.05) is 27.7 Å². The third kappa shape index (κ3) is 5.21. The highest BCUT2D eigenvalue weighted by Gasteiger charge is 2.20. The predicted molar refractivity (Wildman–Crippen MR) is 103 cm³/mol. The molecule has 0 spiro atoms. The van der Waals surface area contributed by atoms with Gasteiger partial charge in [-0.05, 0) is 38.0 Å². The van der Waals surface area contributed by atoms with E-state index >= 15 is 0 Å². The summed E-state index contributed by atoms with van der Waals surface area (Å²) in [4.78, 5) is 15.6. The van der Waals surface area contributed by atoms with Crippen LogP contribution in [-0.4, -0.2) is 38.7 Å². The number of benzene rings is 1. The number of carbonyl (C=O) groups is 1. The molecule has 0 fully saturated rings. The number of nitrogens with zero attached hydrogens (tertiary/aromatic N) is 1. The molecule has 6 heteroatoms. The zero-order chi connectivity index (χ0) is 18.2. The summed E-state index contributed by atoms with van der Waals surface area (Å²) in [5.74, 6) is 0.827. The number of nitrogens with one attached hydrogen (secondary N) is 2. The van der Waals surface area contributed by atoms with Gasteiger partial charge < -0.3 is 20.3 Å². The summed E-state index contributed by atoms with van der Waals surface area (Å²) in [5.41, 5.74) is 1.06. The summed E-state index contributed by atoms with van der Waals surface area (Å²) in [6.45, 7) is 2.57. The first kappa shape index (κ1) is 19.3. The Kier molecular flexibility index (Phi) is 7.28. The Morgan fingerprint density at radius 3 is 2.60 bits per heavy atom. The van der Waals surface area contributed by atoms with E-state index in [9.17, 15) is 4.79 Å². The van der Waals surface area contributed by atoms with Gasteiger partial charge in [-0.25, -0.2) is 4.79 Å². The van der Waals surface area contributed by atoms with Crippen LogP contribution in [0.3, 0.4) is 0 Å². The minimum absolute atomic E-state index is 0.0312. The van der Waals surface area contributed by atoms with Gasteiger partial charge >= 0.3 is 6.03 Å². The Hall–Kier alpha value is -2.05. The standard InChI is InChI=1S/C19H27N3O2S/c1-5-15(18-11-8-12-25-18)21-19(23)20-13-16(22(2)3)14-9-6-7-10-17(14)24-4/h6-12,15-16H,5,13H2,1-4H3,(H2,20,21,23). The molecular weight excluding hydrogens is 334 g/mol. The van der Waals surface area contributed by atoms with Crippen LogP contribution in [0.2, 0.25) is 0 Å². The average Bonchev–Trinajstić information content (AvgIpc) is 3.14. The summed E-state index contributed by atoms with van der Waals surface area (Å²) in [5, 5.41) is 8.08. The van der Waals surface area contributed by atoms with E-state index in [1.54, 1.807) is 18.4 Å². The topological polar surface area (TPSA) is 53.6 Å². The van der Waals surface area contributed by atoms with E-state index < -0.39 is 0 Å². The van der Waals surface area contributed by atoms with Crippen molar-refractivity contribution in [3.05, 3.63) is 52.2 Å². The van der Waals surface area contributed by atoms with E-state index in [4.69, 9.17) is 4.74 Å². The molecule has 0 radical (unpaired) electrons. The van der Waals surface area contributed by atoms with E-state index in [-0.39, 0.29) is 18.1 Å². The molecule has 2 atom stereocenters. The highest BCUT2D eigenvalue weighted by Crippen LogP contribution is 2.27. The molecule has 2 aromatic rings. The van der Waals surface area contributed by atoms with Crippen LogP contribution in [0.25, 0.3) is 0 Å². The van der Waals surface area contributed by atoms with Crippen LogP contribution in [0, 0.1) is 0 Å². The van der Waals surface area contributed by atoms with Crippen LogP contribution in [0.1, 0.15) is 35.9 Å². The van der Waals surface area contributed by atoms with Gasteiger partial charge in [0.15, 0.2) is 0 Å². The van der Waals surface area contributed by atoms with Crippen LogP contribution in [0.4, 0.5) is 4.79 Å². The molecule has 5 nitrogen and oxygen atoms in total. The number of para-hydroxylation sites is 1. The number of rotatable bonds is 8. The van der Waals surface area contributed by atoms with Gasteiger partial charge in [0.05, 0.1) is 19.2 Å². The maximum atomic E-state index is 12.4. The maximum absolute atomic E-state index is 12.4. The Labute approximate surface area is 154 Å². The summed E-state index contributed by atoms with van der Waals surface area (Å²) in [7, 11) is 5.66. The smallest absolute Gasteiger partial charge is 0.315 e. The molecule has 2 amide bonds. The van der Waals surface area contributed by atoms with Gasteiger partial charge in [-0.15, -0.1) is 11.3 Å². The number of thiophene rings is 1. The lowest BCUT2D eigenvalue weighted by Crippen LogP contribution is -2.41. The third-order valence-electron chi connectivity index (χ3n) is 4.18. The molecule has 1 aromatic heterocycles. The molecule has 2 rings (SSSR count). The number of hydrogen-bond acceptors (Lipinski definition) is 4. The number of ether oxygens (including phenoxy) is 1. The maximum Gasteiger partial charge on any atom is 0.315 e. The normalized spacial score (nSPS) is 13.3. The summed E-state index contributed by atoms with van der Waals surface area (Å²) >= 11 is 1.66. The van der Waals surface area contributed by atoms with Crippen LogP contribution < -0.4 is 15.4 Å². The van der Waals surface area contributed by atoms with Gasteiger partial charge in [-0.3, -0.25) is 0 Å². The Bertz CT molecular complexity index is 658. The fraction of sp³-hybridized carbons (Fsp3) is 0.421. The molecule has 1 heterocycles. The van der Waals surface area contributed by atoms with Crippen molar-refractivity contribution < 1.29 is 9.53 Å². The molecule has 0 aliphatic rings. The number of urea groups is 1. The minimum atomic E-state index is -0.151. The van der Waals surface area contributed by atoms with E-state index in [2.05, 4.69) is 28.5 Å². The molecule has 0 aliphatic heterocycles. The number of carbonyl (C=O) groups excluding carboxylic acids is 1. The number of methoxy groups -OCH3 is 1. The molecule has 136 valence electrons. The Morgan fingerprint density at radius 1 is 1.24 bits per heavy atom. The summed E-state index contributed by atoms with van der Waals surface area (Å²) in [6, 6.07) is 11.9. The summed E-state index contributed by atoms with van der Waals surface area (Å²) < 4.78 is 5.46. The fourth-order valence-corrected chi connectivity index (χ4v) is 3.64. The minimum Gasteiger partial charge on any atom is -0.496 e. The first-order valence-corrected chi connectivity index (χ1v) is 9.31. The van der Waals surface area contributed by atoms with Crippen LogP contribution in [-0.2, 0) is 0 Å². The number of amides is 2. The largest absolute Gasteiger partial charge is 0.496 e. The van der Waals surface area contributed by atoms with Gasteiger partial charge in [0.1, 0.15) is 5.75 Å². The SMILES string of the molecule is CCC(NC(=O)NCC(c1ccccc1OC)N(C)C)c1cccs1. The van der Waals surface area contributed by atoms with Crippen molar-refractivity contribution in [1.82, 2.24) is 15.5 Å². The fourth-order valence-electron chi connectivity index (χ4n) is 2.77. The molecule has 0 aliphatic carbocycles. The highest BCUT2D eigenvalue weighted by atomic mass is 32.1.